The van der Waals surface area contributed by atoms with E-state index >= 15 is 0 Å². The molecule has 20 heavy (non-hydrogen) atoms. The van der Waals surface area contributed by atoms with Crippen LogP contribution in [0.3, 0.4) is 0 Å². The van der Waals surface area contributed by atoms with E-state index in [9.17, 15) is 31.1 Å². The summed E-state index contributed by atoms with van der Waals surface area (Å²) >= 11 is 5.20. The highest BCUT2D eigenvalue weighted by atomic mass is 35.5. The molecule has 0 aliphatic heterocycles. The maximum absolute atomic E-state index is 12.8. The Morgan fingerprint density at radius 3 is 2.20 bits per heavy atom. The molecule has 0 spiro atoms. The molecule has 0 amide bonds. The summed E-state index contributed by atoms with van der Waals surface area (Å²) in [4.78, 5) is 13.5. The summed E-state index contributed by atoms with van der Waals surface area (Å²) in [7, 11) is 0. The molecule has 0 saturated heterocycles. The first kappa shape index (κ1) is 16.3. The van der Waals surface area contributed by atoms with Gasteiger partial charge in [0.25, 0.3) is 0 Å². The summed E-state index contributed by atoms with van der Waals surface area (Å²) in [6.45, 7) is 0. The van der Waals surface area contributed by atoms with Crippen molar-refractivity contribution in [2.24, 2.45) is 0 Å². The first-order valence-corrected chi connectivity index (χ1v) is 5.15. The number of aromatic nitrogens is 1. The Morgan fingerprint density at radius 1 is 1.30 bits per heavy atom. The van der Waals surface area contributed by atoms with Crippen molar-refractivity contribution >= 4 is 17.6 Å². The SMILES string of the molecule is O=C(O)c1cnc(OC(F)(F)F)c(C(F)(F)F)c1CCl. The molecule has 0 bridgehead atoms. The van der Waals surface area contributed by atoms with Gasteiger partial charge in [0.2, 0.25) is 5.88 Å². The number of hydrogen-bond donors (Lipinski definition) is 1. The highest BCUT2D eigenvalue weighted by Crippen LogP contribution is 2.41. The van der Waals surface area contributed by atoms with Crippen LogP contribution in [0, 0.1) is 0 Å². The number of nitrogens with zero attached hydrogens (tertiary/aromatic N) is 1. The van der Waals surface area contributed by atoms with E-state index in [0.29, 0.717) is 6.20 Å². The van der Waals surface area contributed by atoms with Crippen LogP contribution in [0.2, 0.25) is 0 Å². The van der Waals surface area contributed by atoms with Crippen LogP contribution in [0.25, 0.3) is 0 Å². The molecule has 1 rings (SSSR count). The fourth-order valence-corrected chi connectivity index (χ4v) is 1.61. The second-order valence-corrected chi connectivity index (χ2v) is 3.58. The first-order valence-electron chi connectivity index (χ1n) is 4.61. The maximum Gasteiger partial charge on any atom is 0.574 e. The fraction of sp³-hybridized carbons (Fsp3) is 0.333. The lowest BCUT2D eigenvalue weighted by atomic mass is 10.1. The number of carbonyl (C=O) groups is 1. The van der Waals surface area contributed by atoms with Gasteiger partial charge in [-0.05, 0) is 0 Å². The maximum atomic E-state index is 12.8. The van der Waals surface area contributed by atoms with Gasteiger partial charge >= 0.3 is 18.5 Å². The number of hydrogen-bond acceptors (Lipinski definition) is 3. The number of ether oxygens (including phenoxy) is 1. The zero-order valence-electron chi connectivity index (χ0n) is 9.14. The van der Waals surface area contributed by atoms with E-state index in [1.165, 1.54) is 0 Å². The van der Waals surface area contributed by atoms with Crippen molar-refractivity contribution in [3.8, 4) is 5.88 Å². The van der Waals surface area contributed by atoms with E-state index in [2.05, 4.69) is 9.72 Å². The summed E-state index contributed by atoms with van der Waals surface area (Å²) < 4.78 is 77.6. The number of pyridine rings is 1. The molecule has 112 valence electrons. The van der Waals surface area contributed by atoms with Gasteiger partial charge in [0.15, 0.2) is 0 Å². The Bertz CT molecular complexity index is 528. The van der Waals surface area contributed by atoms with Crippen molar-refractivity contribution in [3.05, 3.63) is 22.9 Å². The number of carboxylic acids is 1. The highest BCUT2D eigenvalue weighted by Gasteiger charge is 2.43. The molecule has 4 nitrogen and oxygen atoms in total. The smallest absolute Gasteiger partial charge is 0.478 e. The Morgan fingerprint density at radius 2 is 1.85 bits per heavy atom. The van der Waals surface area contributed by atoms with E-state index in [1.807, 2.05) is 0 Å². The van der Waals surface area contributed by atoms with Crippen LogP contribution in [-0.2, 0) is 12.1 Å². The molecule has 0 radical (unpaired) electrons. The van der Waals surface area contributed by atoms with Gasteiger partial charge in [0.1, 0.15) is 5.56 Å². The highest BCUT2D eigenvalue weighted by molar-refractivity contribution is 6.17. The lowest BCUT2D eigenvalue weighted by Gasteiger charge is -2.18. The minimum absolute atomic E-state index is 0.316. The van der Waals surface area contributed by atoms with Gasteiger partial charge in [0, 0.05) is 17.6 Å². The molecular weight excluding hydrogens is 320 g/mol. The van der Waals surface area contributed by atoms with E-state index in [-0.39, 0.29) is 0 Å². The normalized spacial score (nSPS) is 12.3. The monoisotopic (exact) mass is 323 g/mol. The van der Waals surface area contributed by atoms with Crippen LogP contribution in [-0.4, -0.2) is 22.4 Å². The average molecular weight is 324 g/mol. The lowest BCUT2D eigenvalue weighted by Crippen LogP contribution is -2.23. The van der Waals surface area contributed by atoms with Gasteiger partial charge in [-0.2, -0.15) is 13.2 Å². The minimum Gasteiger partial charge on any atom is -0.478 e. The Labute approximate surface area is 111 Å². The third-order valence-corrected chi connectivity index (χ3v) is 2.28. The topological polar surface area (TPSA) is 59.4 Å². The third-order valence-electron chi connectivity index (χ3n) is 2.01. The van der Waals surface area contributed by atoms with Gasteiger partial charge in [0.05, 0.1) is 5.56 Å². The molecule has 0 aliphatic carbocycles. The summed E-state index contributed by atoms with van der Waals surface area (Å²) in [6.07, 6.45) is -10.4. The molecule has 0 aliphatic rings. The zero-order chi connectivity index (χ0) is 15.7. The van der Waals surface area contributed by atoms with E-state index in [1.54, 1.807) is 0 Å². The predicted octanol–water partition coefficient (Wildman–Crippen LogP) is 3.44. The Balaban J connectivity index is 3.59. The zero-order valence-corrected chi connectivity index (χ0v) is 9.90. The summed E-state index contributed by atoms with van der Waals surface area (Å²) in [5, 5.41) is 8.68. The van der Waals surface area contributed by atoms with Crippen molar-refractivity contribution in [2.45, 2.75) is 18.4 Å². The number of halogens is 7. The van der Waals surface area contributed by atoms with Gasteiger partial charge < -0.3 is 9.84 Å². The molecule has 0 fully saturated rings. The summed E-state index contributed by atoms with van der Waals surface area (Å²) in [5.41, 5.74) is -3.98. The van der Waals surface area contributed by atoms with E-state index in [0.717, 1.165) is 0 Å². The van der Waals surface area contributed by atoms with Crippen LogP contribution >= 0.6 is 11.6 Å². The molecule has 1 aromatic heterocycles. The third kappa shape index (κ3) is 3.65. The van der Waals surface area contributed by atoms with Crippen LogP contribution in [0.1, 0.15) is 21.5 Å². The van der Waals surface area contributed by atoms with Crippen molar-refractivity contribution in [3.63, 3.8) is 0 Å². The number of alkyl halides is 7. The quantitative estimate of drug-likeness (QED) is 0.684. The van der Waals surface area contributed by atoms with Crippen molar-refractivity contribution in [2.75, 3.05) is 0 Å². The van der Waals surface area contributed by atoms with E-state index < -0.39 is 47.0 Å². The molecule has 0 atom stereocenters. The van der Waals surface area contributed by atoms with Crippen LogP contribution < -0.4 is 4.74 Å². The van der Waals surface area contributed by atoms with Crippen LogP contribution in [0.5, 0.6) is 5.88 Å². The summed E-state index contributed by atoms with van der Waals surface area (Å²) in [6, 6.07) is 0. The number of carboxylic acid groups (broad SMARTS) is 1. The van der Waals surface area contributed by atoms with E-state index in [4.69, 9.17) is 16.7 Å². The van der Waals surface area contributed by atoms with Crippen molar-refractivity contribution < 1.29 is 41.0 Å². The molecule has 1 N–H and O–H groups in total. The molecule has 11 heteroatoms. The van der Waals surface area contributed by atoms with Gasteiger partial charge in [-0.3, -0.25) is 0 Å². The molecular formula is C9H4ClF6NO3. The van der Waals surface area contributed by atoms with Crippen LogP contribution in [0.15, 0.2) is 6.20 Å². The Hall–Kier alpha value is -1.71. The van der Waals surface area contributed by atoms with Crippen LogP contribution in [0.4, 0.5) is 26.3 Å². The standard InChI is InChI=1S/C9H4ClF6NO3/c10-1-3-4(7(18)19)2-17-6(20-9(14,15)16)5(3)8(11,12)13/h2H,1H2,(H,18,19). The Kier molecular flexibility index (Phi) is 4.37. The molecule has 0 aromatic carbocycles. The molecule has 0 saturated carbocycles. The minimum atomic E-state index is -5.42. The first-order chi connectivity index (χ1) is 8.97. The number of rotatable bonds is 3. The molecule has 1 heterocycles. The predicted molar refractivity (Wildman–Crippen MR) is 52.4 cm³/mol. The van der Waals surface area contributed by atoms with Gasteiger partial charge in [-0.1, -0.05) is 0 Å². The number of aromatic carboxylic acids is 1. The van der Waals surface area contributed by atoms with Crippen molar-refractivity contribution in [1.29, 1.82) is 0 Å². The molecule has 1 aromatic rings. The molecule has 0 unspecified atom stereocenters. The van der Waals surface area contributed by atoms with Gasteiger partial charge in [-0.25, -0.2) is 9.78 Å². The second-order valence-electron chi connectivity index (χ2n) is 3.31. The lowest BCUT2D eigenvalue weighted by molar-refractivity contribution is -0.277. The average Bonchev–Trinajstić information content (AvgIpc) is 2.23. The fourth-order valence-electron chi connectivity index (χ4n) is 1.33. The summed E-state index contributed by atoms with van der Waals surface area (Å²) in [5.74, 6) is -4.59. The second kappa shape index (κ2) is 5.35. The van der Waals surface area contributed by atoms with Crippen molar-refractivity contribution in [1.82, 2.24) is 4.98 Å². The van der Waals surface area contributed by atoms with Gasteiger partial charge in [-0.15, -0.1) is 24.8 Å². The largest absolute Gasteiger partial charge is 0.574 e.